The van der Waals surface area contributed by atoms with Crippen molar-refractivity contribution in [2.24, 2.45) is 5.41 Å². The molecule has 0 fully saturated rings. The second-order valence-corrected chi connectivity index (χ2v) is 3.87. The van der Waals surface area contributed by atoms with Crippen molar-refractivity contribution in [2.75, 3.05) is 20.8 Å². The molecule has 0 amide bonds. The van der Waals surface area contributed by atoms with Crippen molar-refractivity contribution in [1.82, 2.24) is 0 Å². The molecule has 0 aromatic carbocycles. The highest BCUT2D eigenvalue weighted by Gasteiger charge is 2.23. The summed E-state index contributed by atoms with van der Waals surface area (Å²) in [7, 11) is 3.47. The fourth-order valence-electron chi connectivity index (χ4n) is 1.13. The maximum Gasteiger partial charge on any atom is 0.0641 e. The number of methoxy groups -OCH3 is 2. The van der Waals surface area contributed by atoms with E-state index in [0.717, 1.165) is 13.0 Å². The van der Waals surface area contributed by atoms with Gasteiger partial charge in [-0.3, -0.25) is 0 Å². The quantitative estimate of drug-likeness (QED) is 0.627. The minimum atomic E-state index is 0.216. The van der Waals surface area contributed by atoms with Gasteiger partial charge in [-0.05, 0) is 11.8 Å². The van der Waals surface area contributed by atoms with Crippen LogP contribution in [0.15, 0.2) is 0 Å². The molecule has 1 atom stereocenters. The summed E-state index contributed by atoms with van der Waals surface area (Å²) in [5, 5.41) is 0. The number of hydrogen-bond acceptors (Lipinski definition) is 2. The zero-order chi connectivity index (χ0) is 8.91. The van der Waals surface area contributed by atoms with Gasteiger partial charge in [0.05, 0.1) is 6.10 Å². The van der Waals surface area contributed by atoms with Crippen LogP contribution in [0.1, 0.15) is 27.2 Å². The Bertz CT molecular complexity index is 94.2. The van der Waals surface area contributed by atoms with Crippen molar-refractivity contribution in [1.29, 1.82) is 0 Å². The third-order valence-electron chi connectivity index (χ3n) is 1.83. The highest BCUT2D eigenvalue weighted by atomic mass is 16.5. The van der Waals surface area contributed by atoms with E-state index in [2.05, 4.69) is 20.8 Å². The molecule has 68 valence electrons. The molecule has 2 nitrogen and oxygen atoms in total. The van der Waals surface area contributed by atoms with Crippen LogP contribution in [0.3, 0.4) is 0 Å². The van der Waals surface area contributed by atoms with Crippen LogP contribution in [0.25, 0.3) is 0 Å². The van der Waals surface area contributed by atoms with Gasteiger partial charge in [-0.15, -0.1) is 0 Å². The molecule has 0 bridgehead atoms. The van der Waals surface area contributed by atoms with E-state index in [9.17, 15) is 0 Å². The van der Waals surface area contributed by atoms with Gasteiger partial charge in [0.25, 0.3) is 0 Å². The molecular formula is C9H20O2. The molecule has 0 aromatic heterocycles. The fourth-order valence-corrected chi connectivity index (χ4v) is 1.13. The van der Waals surface area contributed by atoms with E-state index in [1.165, 1.54) is 0 Å². The van der Waals surface area contributed by atoms with E-state index >= 15 is 0 Å². The summed E-state index contributed by atoms with van der Waals surface area (Å²) >= 11 is 0. The predicted octanol–water partition coefficient (Wildman–Crippen LogP) is 2.08. The van der Waals surface area contributed by atoms with Gasteiger partial charge in [0.15, 0.2) is 0 Å². The van der Waals surface area contributed by atoms with E-state index in [-0.39, 0.29) is 5.41 Å². The molecule has 0 saturated heterocycles. The Kier molecular flexibility index (Phi) is 4.69. The van der Waals surface area contributed by atoms with Crippen LogP contribution in [-0.2, 0) is 9.47 Å². The molecule has 0 aliphatic heterocycles. The van der Waals surface area contributed by atoms with Gasteiger partial charge in [0.1, 0.15) is 0 Å². The summed E-state index contributed by atoms with van der Waals surface area (Å²) in [6, 6.07) is 0. The third-order valence-corrected chi connectivity index (χ3v) is 1.83. The van der Waals surface area contributed by atoms with Gasteiger partial charge in [-0.2, -0.15) is 0 Å². The molecule has 0 aliphatic carbocycles. The third kappa shape index (κ3) is 4.38. The smallest absolute Gasteiger partial charge is 0.0641 e. The second kappa shape index (κ2) is 4.73. The molecule has 0 rings (SSSR count). The highest BCUT2D eigenvalue weighted by molar-refractivity contribution is 4.73. The number of rotatable bonds is 4. The first kappa shape index (κ1) is 10.9. The van der Waals surface area contributed by atoms with Crippen LogP contribution in [0.2, 0.25) is 0 Å². The van der Waals surface area contributed by atoms with Crippen molar-refractivity contribution < 1.29 is 9.47 Å². The Labute approximate surface area is 69.9 Å². The number of hydrogen-bond donors (Lipinski definition) is 0. The lowest BCUT2D eigenvalue weighted by Gasteiger charge is -2.29. The summed E-state index contributed by atoms with van der Waals surface area (Å²) in [5.74, 6) is 0. The summed E-state index contributed by atoms with van der Waals surface area (Å²) in [5.41, 5.74) is 0.216. The molecule has 11 heavy (non-hydrogen) atoms. The molecule has 0 heterocycles. The average Bonchev–Trinajstić information content (AvgIpc) is 1.87. The molecule has 0 aromatic rings. The SMILES string of the molecule is COCCC(OC)C(C)(C)C. The zero-order valence-corrected chi connectivity index (χ0v) is 8.31. The topological polar surface area (TPSA) is 18.5 Å². The lowest BCUT2D eigenvalue weighted by molar-refractivity contribution is -0.00491. The van der Waals surface area contributed by atoms with Gasteiger partial charge in [0, 0.05) is 20.8 Å². The molecule has 2 heteroatoms. The first-order valence-corrected chi connectivity index (χ1v) is 4.04. The Hall–Kier alpha value is -0.0800. The predicted molar refractivity (Wildman–Crippen MR) is 46.7 cm³/mol. The van der Waals surface area contributed by atoms with Crippen molar-refractivity contribution in [3.8, 4) is 0 Å². The van der Waals surface area contributed by atoms with E-state index in [1.807, 2.05) is 0 Å². The van der Waals surface area contributed by atoms with Gasteiger partial charge in [-0.25, -0.2) is 0 Å². The Morgan fingerprint density at radius 1 is 1.18 bits per heavy atom. The molecule has 0 radical (unpaired) electrons. The van der Waals surface area contributed by atoms with Crippen molar-refractivity contribution in [2.45, 2.75) is 33.3 Å². The van der Waals surface area contributed by atoms with Crippen molar-refractivity contribution >= 4 is 0 Å². The molecule has 0 saturated carbocycles. The van der Waals surface area contributed by atoms with Crippen LogP contribution in [0, 0.1) is 5.41 Å². The molecule has 0 spiro atoms. The summed E-state index contributed by atoms with van der Waals surface area (Å²) in [6.07, 6.45) is 1.26. The van der Waals surface area contributed by atoms with Crippen LogP contribution in [0.5, 0.6) is 0 Å². The molecule has 0 aliphatic rings. The Morgan fingerprint density at radius 2 is 1.73 bits per heavy atom. The maximum absolute atomic E-state index is 5.34. The zero-order valence-electron chi connectivity index (χ0n) is 8.31. The summed E-state index contributed by atoms with van der Waals surface area (Å²) < 4.78 is 10.3. The monoisotopic (exact) mass is 160 g/mol. The highest BCUT2D eigenvalue weighted by Crippen LogP contribution is 2.23. The van der Waals surface area contributed by atoms with Crippen LogP contribution in [0.4, 0.5) is 0 Å². The minimum absolute atomic E-state index is 0.216. The first-order chi connectivity index (χ1) is 5.02. The summed E-state index contributed by atoms with van der Waals surface area (Å²) in [6.45, 7) is 7.31. The van der Waals surface area contributed by atoms with Gasteiger partial charge in [-0.1, -0.05) is 20.8 Å². The minimum Gasteiger partial charge on any atom is -0.385 e. The second-order valence-electron chi connectivity index (χ2n) is 3.87. The van der Waals surface area contributed by atoms with E-state index in [4.69, 9.17) is 9.47 Å². The normalized spacial score (nSPS) is 15.0. The van der Waals surface area contributed by atoms with Gasteiger partial charge in [0.2, 0.25) is 0 Å². The lowest BCUT2D eigenvalue weighted by Crippen LogP contribution is -2.29. The fraction of sp³-hybridized carbons (Fsp3) is 1.00. The van der Waals surface area contributed by atoms with Crippen molar-refractivity contribution in [3.63, 3.8) is 0 Å². The average molecular weight is 160 g/mol. The number of ether oxygens (including phenoxy) is 2. The van der Waals surface area contributed by atoms with E-state index in [1.54, 1.807) is 14.2 Å². The summed E-state index contributed by atoms with van der Waals surface area (Å²) in [4.78, 5) is 0. The molecule has 1 unspecified atom stereocenters. The van der Waals surface area contributed by atoms with E-state index in [0.29, 0.717) is 6.10 Å². The van der Waals surface area contributed by atoms with Crippen LogP contribution < -0.4 is 0 Å². The van der Waals surface area contributed by atoms with Crippen molar-refractivity contribution in [3.05, 3.63) is 0 Å². The standard InChI is InChI=1S/C9H20O2/c1-9(2,3)8(11-5)6-7-10-4/h8H,6-7H2,1-5H3. The molecular weight excluding hydrogens is 140 g/mol. The first-order valence-electron chi connectivity index (χ1n) is 4.04. The van der Waals surface area contributed by atoms with Crippen LogP contribution in [-0.4, -0.2) is 26.9 Å². The molecule has 0 N–H and O–H groups in total. The van der Waals surface area contributed by atoms with E-state index < -0.39 is 0 Å². The Morgan fingerprint density at radius 3 is 2.00 bits per heavy atom. The van der Waals surface area contributed by atoms with Crippen LogP contribution >= 0.6 is 0 Å². The maximum atomic E-state index is 5.34. The van der Waals surface area contributed by atoms with Gasteiger partial charge < -0.3 is 9.47 Å². The largest absolute Gasteiger partial charge is 0.385 e. The lowest BCUT2D eigenvalue weighted by atomic mass is 9.87. The Balaban J connectivity index is 3.76. The van der Waals surface area contributed by atoms with Gasteiger partial charge >= 0.3 is 0 Å².